The fourth-order valence-electron chi connectivity index (χ4n) is 2.88. The lowest BCUT2D eigenvalue weighted by Crippen LogP contribution is -2.42. The molecule has 2 amide bonds. The third-order valence-electron chi connectivity index (χ3n) is 4.17. The van der Waals surface area contributed by atoms with Gasteiger partial charge in [-0.05, 0) is 25.0 Å². The number of rotatable bonds is 4. The van der Waals surface area contributed by atoms with Crippen molar-refractivity contribution in [3.63, 3.8) is 0 Å². The van der Waals surface area contributed by atoms with E-state index in [0.717, 1.165) is 12.8 Å². The second-order valence-corrected chi connectivity index (χ2v) is 5.67. The highest BCUT2D eigenvalue weighted by molar-refractivity contribution is 6.03. The van der Waals surface area contributed by atoms with E-state index in [1.807, 2.05) is 4.68 Å². The minimum absolute atomic E-state index is 0.0287. The predicted molar refractivity (Wildman–Crippen MR) is 88.3 cm³/mol. The van der Waals surface area contributed by atoms with Crippen LogP contribution in [0.5, 0.6) is 0 Å². The zero-order chi connectivity index (χ0) is 16.9. The van der Waals surface area contributed by atoms with Crippen LogP contribution in [0.2, 0.25) is 0 Å². The van der Waals surface area contributed by atoms with E-state index in [1.54, 1.807) is 35.5 Å². The molecule has 3 rings (SSSR count). The van der Waals surface area contributed by atoms with E-state index >= 15 is 0 Å². The first kappa shape index (κ1) is 16.1. The van der Waals surface area contributed by atoms with Gasteiger partial charge in [0.05, 0.1) is 24.3 Å². The molecule has 2 aromatic heterocycles. The number of carbonyl (C=O) groups excluding carboxylic acids is 2. The van der Waals surface area contributed by atoms with E-state index in [0.29, 0.717) is 24.5 Å². The Kier molecular flexibility index (Phi) is 4.85. The summed E-state index contributed by atoms with van der Waals surface area (Å²) in [7, 11) is 0. The van der Waals surface area contributed by atoms with Crippen molar-refractivity contribution in [2.24, 2.45) is 5.73 Å². The molecule has 2 aromatic rings. The van der Waals surface area contributed by atoms with Gasteiger partial charge < -0.3 is 16.0 Å². The maximum atomic E-state index is 12.3. The predicted octanol–water partition coefficient (Wildman–Crippen LogP) is 0.653. The minimum Gasteiger partial charge on any atom is -0.341 e. The van der Waals surface area contributed by atoms with Crippen molar-refractivity contribution in [2.75, 3.05) is 25.0 Å². The first-order chi connectivity index (χ1) is 11.7. The summed E-state index contributed by atoms with van der Waals surface area (Å²) in [5, 5.41) is 7.21. The van der Waals surface area contributed by atoms with Gasteiger partial charge in [0.15, 0.2) is 0 Å². The van der Waals surface area contributed by atoms with Gasteiger partial charge in [0.2, 0.25) is 5.91 Å². The Morgan fingerprint density at radius 2 is 2.04 bits per heavy atom. The molecule has 126 valence electrons. The highest BCUT2D eigenvalue weighted by Crippen LogP contribution is 2.25. The average Bonchev–Trinajstić information content (AvgIpc) is 3.10. The summed E-state index contributed by atoms with van der Waals surface area (Å²) in [6.07, 6.45) is 6.37. The number of hydrogen-bond donors (Lipinski definition) is 2. The quantitative estimate of drug-likeness (QED) is 0.857. The molecule has 0 bridgehead atoms. The Balaban J connectivity index is 1.66. The average molecular weight is 328 g/mol. The fraction of sp³-hybridized carbons (Fsp3) is 0.375. The molecule has 1 fully saturated rings. The van der Waals surface area contributed by atoms with Crippen molar-refractivity contribution in [3.05, 3.63) is 42.4 Å². The minimum atomic E-state index is -0.222. The Labute approximate surface area is 139 Å². The number of nitrogens with two attached hydrogens (primary N) is 1. The van der Waals surface area contributed by atoms with Crippen molar-refractivity contribution in [1.82, 2.24) is 19.7 Å². The Bertz CT molecular complexity index is 706. The number of pyridine rings is 1. The molecular weight excluding hydrogens is 308 g/mol. The van der Waals surface area contributed by atoms with Crippen LogP contribution in [0.15, 0.2) is 36.8 Å². The second-order valence-electron chi connectivity index (χ2n) is 5.67. The molecule has 1 aliphatic heterocycles. The smallest absolute Gasteiger partial charge is 0.258 e. The van der Waals surface area contributed by atoms with Gasteiger partial charge in [-0.15, -0.1) is 0 Å². The van der Waals surface area contributed by atoms with Crippen LogP contribution in [0.4, 0.5) is 5.82 Å². The number of anilines is 1. The molecule has 1 saturated heterocycles. The van der Waals surface area contributed by atoms with E-state index in [2.05, 4.69) is 15.4 Å². The van der Waals surface area contributed by atoms with E-state index in [9.17, 15) is 9.59 Å². The summed E-state index contributed by atoms with van der Waals surface area (Å²) in [5.74, 6) is 0.395. The Morgan fingerprint density at radius 3 is 2.71 bits per heavy atom. The van der Waals surface area contributed by atoms with Crippen molar-refractivity contribution in [2.45, 2.75) is 18.9 Å². The van der Waals surface area contributed by atoms with Crippen molar-refractivity contribution >= 4 is 17.6 Å². The van der Waals surface area contributed by atoms with Gasteiger partial charge >= 0.3 is 0 Å². The Morgan fingerprint density at radius 1 is 1.25 bits per heavy atom. The molecular formula is C16H20N6O2. The van der Waals surface area contributed by atoms with E-state index < -0.39 is 0 Å². The van der Waals surface area contributed by atoms with Gasteiger partial charge in [-0.2, -0.15) is 5.10 Å². The molecule has 8 heteroatoms. The molecule has 0 radical (unpaired) electrons. The molecule has 8 nitrogen and oxygen atoms in total. The van der Waals surface area contributed by atoms with Gasteiger partial charge in [-0.1, -0.05) is 0 Å². The topological polar surface area (TPSA) is 106 Å². The summed E-state index contributed by atoms with van der Waals surface area (Å²) in [4.78, 5) is 29.6. The maximum absolute atomic E-state index is 12.3. The first-order valence-electron chi connectivity index (χ1n) is 7.92. The molecule has 0 atom stereocenters. The lowest BCUT2D eigenvalue weighted by atomic mass is 10.1. The van der Waals surface area contributed by atoms with Crippen molar-refractivity contribution in [3.8, 4) is 0 Å². The molecule has 1 aliphatic rings. The monoisotopic (exact) mass is 328 g/mol. The van der Waals surface area contributed by atoms with Crippen LogP contribution >= 0.6 is 0 Å². The Hall–Kier alpha value is -2.74. The van der Waals surface area contributed by atoms with Crippen LogP contribution in [0.3, 0.4) is 0 Å². The SMILES string of the molecule is NCC(=O)N1CCC(n2nccc2NC(=O)c2cccnc2)CC1. The molecule has 0 spiro atoms. The van der Waals surface area contributed by atoms with Crippen LogP contribution in [-0.2, 0) is 4.79 Å². The number of nitrogens with one attached hydrogen (secondary N) is 1. The van der Waals surface area contributed by atoms with Gasteiger partial charge in [0, 0.05) is 31.5 Å². The molecule has 0 unspecified atom stereocenters. The molecule has 0 aliphatic carbocycles. The molecule has 24 heavy (non-hydrogen) atoms. The summed E-state index contributed by atoms with van der Waals surface area (Å²) in [5.41, 5.74) is 5.90. The van der Waals surface area contributed by atoms with Crippen LogP contribution in [0, 0.1) is 0 Å². The molecule has 0 saturated carbocycles. The summed E-state index contributed by atoms with van der Waals surface area (Å²) in [6.45, 7) is 1.34. The summed E-state index contributed by atoms with van der Waals surface area (Å²) >= 11 is 0. The molecule has 3 N–H and O–H groups in total. The fourth-order valence-corrected chi connectivity index (χ4v) is 2.88. The number of piperidine rings is 1. The largest absolute Gasteiger partial charge is 0.341 e. The summed E-state index contributed by atoms with van der Waals surface area (Å²) < 4.78 is 1.82. The number of carbonyl (C=O) groups is 2. The number of aromatic nitrogens is 3. The molecule has 0 aromatic carbocycles. The first-order valence-corrected chi connectivity index (χ1v) is 7.92. The second kappa shape index (κ2) is 7.22. The van der Waals surface area contributed by atoms with Crippen LogP contribution in [-0.4, -0.2) is 51.1 Å². The van der Waals surface area contributed by atoms with Crippen LogP contribution < -0.4 is 11.1 Å². The number of hydrogen-bond acceptors (Lipinski definition) is 5. The van der Waals surface area contributed by atoms with Gasteiger partial charge in [0.1, 0.15) is 5.82 Å². The van der Waals surface area contributed by atoms with Crippen LogP contribution in [0.25, 0.3) is 0 Å². The number of nitrogens with zero attached hydrogens (tertiary/aromatic N) is 4. The van der Waals surface area contributed by atoms with E-state index in [1.165, 1.54) is 6.20 Å². The van der Waals surface area contributed by atoms with E-state index in [-0.39, 0.29) is 24.4 Å². The van der Waals surface area contributed by atoms with Crippen LogP contribution in [0.1, 0.15) is 29.2 Å². The lowest BCUT2D eigenvalue weighted by Gasteiger charge is -2.32. The summed E-state index contributed by atoms with van der Waals surface area (Å²) in [6, 6.07) is 5.34. The van der Waals surface area contributed by atoms with Gasteiger partial charge in [0.25, 0.3) is 5.91 Å². The normalized spacial score (nSPS) is 15.3. The third kappa shape index (κ3) is 3.43. The van der Waals surface area contributed by atoms with Crippen molar-refractivity contribution < 1.29 is 9.59 Å². The number of likely N-dealkylation sites (tertiary alicyclic amines) is 1. The zero-order valence-corrected chi connectivity index (χ0v) is 13.3. The van der Waals surface area contributed by atoms with E-state index in [4.69, 9.17) is 5.73 Å². The third-order valence-corrected chi connectivity index (χ3v) is 4.17. The highest BCUT2D eigenvalue weighted by Gasteiger charge is 2.25. The van der Waals surface area contributed by atoms with Gasteiger partial charge in [-0.3, -0.25) is 14.6 Å². The highest BCUT2D eigenvalue weighted by atomic mass is 16.2. The van der Waals surface area contributed by atoms with Gasteiger partial charge in [-0.25, -0.2) is 4.68 Å². The standard InChI is InChI=1S/C16H20N6O2/c17-10-15(23)21-8-4-13(5-9-21)22-14(3-7-19-22)20-16(24)12-2-1-6-18-11-12/h1-3,6-7,11,13H,4-5,8-10,17H2,(H,20,24). The maximum Gasteiger partial charge on any atom is 0.258 e. The number of amides is 2. The van der Waals surface area contributed by atoms with Crippen molar-refractivity contribution in [1.29, 1.82) is 0 Å². The zero-order valence-electron chi connectivity index (χ0n) is 13.3. The molecule has 3 heterocycles. The lowest BCUT2D eigenvalue weighted by molar-refractivity contribution is -0.130.